The number of hydrazine groups is 1. The second kappa shape index (κ2) is 9.62. The molecule has 0 spiro atoms. The summed E-state index contributed by atoms with van der Waals surface area (Å²) in [4.78, 5) is 26.6. The molecule has 2 aliphatic rings. The molecule has 0 saturated carbocycles. The van der Waals surface area contributed by atoms with Gasteiger partial charge in [-0.2, -0.15) is 0 Å². The van der Waals surface area contributed by atoms with Gasteiger partial charge in [-0.3, -0.25) is 15.1 Å². The van der Waals surface area contributed by atoms with Crippen LogP contribution in [0.5, 0.6) is 0 Å². The first-order valence-electron chi connectivity index (χ1n) is 11.0. The van der Waals surface area contributed by atoms with E-state index in [9.17, 15) is 22.9 Å². The molecule has 0 unspecified atom stereocenters. The zero-order valence-electron chi connectivity index (χ0n) is 19.4. The molecular formula is C21H26FN7O5S. The lowest BCUT2D eigenvalue weighted by Crippen LogP contribution is -2.36. The zero-order chi connectivity index (χ0) is 25.3. The van der Waals surface area contributed by atoms with Gasteiger partial charge in [0.2, 0.25) is 11.6 Å². The molecule has 14 heteroatoms. The van der Waals surface area contributed by atoms with Gasteiger partial charge in [0.05, 0.1) is 21.7 Å². The third-order valence-corrected chi connectivity index (χ3v) is 7.01. The van der Waals surface area contributed by atoms with E-state index in [1.807, 2.05) is 25.1 Å². The minimum atomic E-state index is -3.60. The average molecular weight is 508 g/mol. The summed E-state index contributed by atoms with van der Waals surface area (Å²) in [5, 5.41) is 16.5. The predicted octanol–water partition coefficient (Wildman–Crippen LogP) is 2.89. The second-order valence-electron chi connectivity index (χ2n) is 8.68. The number of nitro groups is 1. The van der Waals surface area contributed by atoms with Gasteiger partial charge in [-0.1, -0.05) is 5.59 Å². The number of hydrogen-bond donors (Lipinski definition) is 2. The van der Waals surface area contributed by atoms with E-state index in [-0.39, 0.29) is 39.9 Å². The van der Waals surface area contributed by atoms with Crippen molar-refractivity contribution in [3.05, 3.63) is 52.4 Å². The summed E-state index contributed by atoms with van der Waals surface area (Å²) in [6.07, 6.45) is 5.47. The van der Waals surface area contributed by atoms with Crippen molar-refractivity contribution < 1.29 is 22.6 Å². The lowest BCUT2D eigenvalue weighted by molar-refractivity contribution is -0.383. The van der Waals surface area contributed by atoms with E-state index in [1.165, 1.54) is 18.5 Å². The monoisotopic (exact) mass is 507 g/mol. The third-order valence-electron chi connectivity index (χ3n) is 5.90. The molecular weight excluding hydrogens is 481 g/mol. The fraction of sp³-hybridized carbons (Fsp3) is 0.429. The predicted molar refractivity (Wildman–Crippen MR) is 126 cm³/mol. The van der Waals surface area contributed by atoms with Gasteiger partial charge in [-0.05, 0) is 44.9 Å². The second-order valence-corrected chi connectivity index (χ2v) is 10.7. The molecule has 188 valence electrons. The Labute approximate surface area is 201 Å². The zero-order valence-corrected chi connectivity index (χ0v) is 20.2. The summed E-state index contributed by atoms with van der Waals surface area (Å²) >= 11 is 0. The first kappa shape index (κ1) is 24.6. The van der Waals surface area contributed by atoms with Crippen molar-refractivity contribution >= 4 is 32.8 Å². The summed E-state index contributed by atoms with van der Waals surface area (Å²) < 4.78 is 37.8. The van der Waals surface area contributed by atoms with E-state index >= 15 is 0 Å². The Morgan fingerprint density at radius 1 is 1.29 bits per heavy atom. The van der Waals surface area contributed by atoms with Crippen molar-refractivity contribution in [2.45, 2.75) is 37.6 Å². The van der Waals surface area contributed by atoms with Crippen LogP contribution in [0.4, 0.5) is 27.4 Å². The fourth-order valence-corrected chi connectivity index (χ4v) is 4.56. The van der Waals surface area contributed by atoms with Crippen LogP contribution in [0.25, 0.3) is 0 Å². The topological polar surface area (TPSA) is 143 Å². The van der Waals surface area contributed by atoms with Crippen LogP contribution >= 0.6 is 0 Å². The normalized spacial score (nSPS) is 16.9. The summed E-state index contributed by atoms with van der Waals surface area (Å²) in [6.45, 7) is 5.07. The summed E-state index contributed by atoms with van der Waals surface area (Å²) in [6, 6.07) is 3.50. The number of anilines is 3. The molecule has 0 atom stereocenters. The average Bonchev–Trinajstić information content (AvgIpc) is 3.30. The van der Waals surface area contributed by atoms with Crippen molar-refractivity contribution in [1.29, 1.82) is 0 Å². The van der Waals surface area contributed by atoms with Crippen molar-refractivity contribution in [2.75, 3.05) is 29.6 Å². The molecule has 2 aliphatic heterocycles. The molecule has 1 aromatic carbocycles. The van der Waals surface area contributed by atoms with Gasteiger partial charge < -0.3 is 15.1 Å². The highest BCUT2D eigenvalue weighted by atomic mass is 32.2. The lowest BCUT2D eigenvalue weighted by Gasteiger charge is -2.32. The summed E-state index contributed by atoms with van der Waals surface area (Å²) in [5.41, 5.74) is 2.33. The lowest BCUT2D eigenvalue weighted by atomic mass is 9.95. The largest absolute Gasteiger partial charge is 0.392 e. The number of rotatable bonds is 7. The molecule has 1 fully saturated rings. The SMILES string of the molecule is CC(C)N1C=C(C2CCN(c3ncnc(Nc4ccc(S(C)(=O)=O)cc4F)c3[N+](=O)[O-])CC2)ON1. The van der Waals surface area contributed by atoms with Crippen LogP contribution in [-0.2, 0) is 14.7 Å². The maximum atomic E-state index is 14.5. The molecule has 0 aliphatic carbocycles. The van der Waals surface area contributed by atoms with Gasteiger partial charge in [0.1, 0.15) is 17.9 Å². The van der Waals surface area contributed by atoms with Crippen molar-refractivity contribution in [2.24, 2.45) is 5.92 Å². The van der Waals surface area contributed by atoms with Gasteiger partial charge in [0.15, 0.2) is 9.84 Å². The van der Waals surface area contributed by atoms with Crippen LogP contribution in [0.3, 0.4) is 0 Å². The number of nitrogens with one attached hydrogen (secondary N) is 2. The molecule has 0 bridgehead atoms. The van der Waals surface area contributed by atoms with Gasteiger partial charge in [-0.15, -0.1) is 0 Å². The van der Waals surface area contributed by atoms with Crippen LogP contribution < -0.4 is 15.8 Å². The number of piperidine rings is 1. The number of aromatic nitrogens is 2. The van der Waals surface area contributed by atoms with Crippen LogP contribution in [0.15, 0.2) is 41.4 Å². The number of nitrogens with zero attached hydrogens (tertiary/aromatic N) is 5. The van der Waals surface area contributed by atoms with Crippen LogP contribution in [0.1, 0.15) is 26.7 Å². The highest BCUT2D eigenvalue weighted by Gasteiger charge is 2.33. The Kier molecular flexibility index (Phi) is 6.76. The highest BCUT2D eigenvalue weighted by Crippen LogP contribution is 2.37. The van der Waals surface area contributed by atoms with E-state index in [1.54, 1.807) is 4.90 Å². The van der Waals surface area contributed by atoms with E-state index in [0.717, 1.165) is 18.1 Å². The summed E-state index contributed by atoms with van der Waals surface area (Å²) in [5.74, 6) is 0.0422. The molecule has 0 radical (unpaired) electrons. The smallest absolute Gasteiger partial charge is 0.353 e. The molecule has 0 amide bonds. The Balaban J connectivity index is 1.54. The minimum Gasteiger partial charge on any atom is -0.392 e. The van der Waals surface area contributed by atoms with Gasteiger partial charge in [-0.25, -0.2) is 22.8 Å². The molecule has 1 saturated heterocycles. The van der Waals surface area contributed by atoms with Crippen molar-refractivity contribution in [3.63, 3.8) is 0 Å². The van der Waals surface area contributed by atoms with E-state index in [4.69, 9.17) is 4.84 Å². The quantitative estimate of drug-likeness (QED) is 0.422. The van der Waals surface area contributed by atoms with Crippen LogP contribution in [0.2, 0.25) is 0 Å². The first-order valence-corrected chi connectivity index (χ1v) is 12.9. The number of sulfone groups is 1. The van der Waals surface area contributed by atoms with Crippen LogP contribution in [0, 0.1) is 21.8 Å². The molecule has 2 N–H and O–H groups in total. The Morgan fingerprint density at radius 2 is 2.00 bits per heavy atom. The molecule has 12 nitrogen and oxygen atoms in total. The molecule has 35 heavy (non-hydrogen) atoms. The van der Waals surface area contributed by atoms with E-state index in [0.29, 0.717) is 25.9 Å². The van der Waals surface area contributed by atoms with Gasteiger partial charge >= 0.3 is 5.69 Å². The first-order chi connectivity index (χ1) is 16.5. The standard InChI is InChI=1S/C21H26FN7O5S/c1-13(2)28-11-18(34-26-28)14-6-8-27(9-7-14)21-19(29(30)31)20(23-12-24-21)25-17-5-4-15(10-16(17)22)35(3,32)33/h4-5,10-14,26H,6-9H2,1-3H3,(H,23,24,25). The molecule has 1 aromatic heterocycles. The number of benzene rings is 1. The summed E-state index contributed by atoms with van der Waals surface area (Å²) in [7, 11) is -3.60. The Morgan fingerprint density at radius 3 is 2.57 bits per heavy atom. The molecule has 4 rings (SSSR count). The minimum absolute atomic E-state index is 0.127. The van der Waals surface area contributed by atoms with E-state index < -0.39 is 20.6 Å². The van der Waals surface area contributed by atoms with E-state index in [2.05, 4.69) is 20.9 Å². The maximum Gasteiger partial charge on any atom is 0.353 e. The molecule has 2 aromatic rings. The number of halogens is 1. The Bertz CT molecular complexity index is 1260. The Hall–Kier alpha value is -3.52. The van der Waals surface area contributed by atoms with Gasteiger partial charge in [0.25, 0.3) is 0 Å². The van der Waals surface area contributed by atoms with Gasteiger partial charge in [0, 0.05) is 31.3 Å². The number of allylic oxidation sites excluding steroid dienone is 1. The third kappa shape index (κ3) is 5.27. The fourth-order valence-electron chi connectivity index (χ4n) is 3.93. The highest BCUT2D eigenvalue weighted by molar-refractivity contribution is 7.90. The van der Waals surface area contributed by atoms with Crippen LogP contribution in [-0.4, -0.2) is 53.7 Å². The number of hydrogen-bond acceptors (Lipinski definition) is 11. The van der Waals surface area contributed by atoms with Crippen molar-refractivity contribution in [1.82, 2.24) is 20.6 Å². The molecule has 3 heterocycles. The van der Waals surface area contributed by atoms with Crippen molar-refractivity contribution in [3.8, 4) is 0 Å². The maximum absolute atomic E-state index is 14.5.